The summed E-state index contributed by atoms with van der Waals surface area (Å²) in [5, 5.41) is 13.9. The SMILES string of the molecule is O=C(O)Cc1ccccc1Nc1c(Cl)cccc1Cl.O=C1Cc2ccccc2N1c1c(Cl)cccc1Cl. The van der Waals surface area contributed by atoms with Gasteiger partial charge in [-0.1, -0.05) is 94.9 Å². The number of nitrogens with zero attached hydrogens (tertiary/aromatic N) is 1. The molecular weight excluding hydrogens is 554 g/mol. The highest BCUT2D eigenvalue weighted by molar-refractivity contribution is 6.40. The Morgan fingerprint density at radius 1 is 0.784 bits per heavy atom. The first-order valence-corrected chi connectivity index (χ1v) is 12.6. The monoisotopic (exact) mass is 572 g/mol. The molecule has 0 saturated carbocycles. The standard InChI is InChI=1S/C14H11Cl2NO2.C14H9Cl2NO/c15-10-5-3-6-11(16)14(10)17-12-7-2-1-4-9(12)8-13(18)19;15-10-5-3-6-11(16)14(10)17-12-7-2-1-4-9(12)8-13(17)18/h1-7,17H,8H2,(H,18,19);1-7H,8H2. The summed E-state index contributed by atoms with van der Waals surface area (Å²) in [6.07, 6.45) is 0.322. The number of fused-ring (bicyclic) bond motifs is 1. The van der Waals surface area contributed by atoms with Gasteiger partial charge in [-0.15, -0.1) is 0 Å². The molecule has 1 heterocycles. The van der Waals surface area contributed by atoms with Gasteiger partial charge in [0.25, 0.3) is 0 Å². The molecule has 0 spiro atoms. The predicted molar refractivity (Wildman–Crippen MR) is 151 cm³/mol. The number of aliphatic carboxylic acids is 1. The highest BCUT2D eigenvalue weighted by Gasteiger charge is 2.30. The molecule has 0 saturated heterocycles. The van der Waals surface area contributed by atoms with Crippen molar-refractivity contribution in [3.63, 3.8) is 0 Å². The molecule has 1 aliphatic heterocycles. The normalized spacial score (nSPS) is 12.0. The first-order valence-electron chi connectivity index (χ1n) is 11.1. The number of halogens is 4. The number of hydrogen-bond donors (Lipinski definition) is 2. The Hall–Kier alpha value is -3.22. The molecule has 5 nitrogen and oxygen atoms in total. The molecule has 4 aromatic rings. The van der Waals surface area contributed by atoms with Gasteiger partial charge >= 0.3 is 5.97 Å². The summed E-state index contributed by atoms with van der Waals surface area (Å²) in [4.78, 5) is 24.6. The van der Waals surface area contributed by atoms with Crippen LogP contribution in [0, 0.1) is 0 Å². The van der Waals surface area contributed by atoms with E-state index in [1.54, 1.807) is 59.5 Å². The van der Waals surface area contributed by atoms with Crippen molar-refractivity contribution in [3.05, 3.63) is 116 Å². The highest BCUT2D eigenvalue weighted by Crippen LogP contribution is 2.42. The van der Waals surface area contributed by atoms with Crippen molar-refractivity contribution in [1.29, 1.82) is 0 Å². The second-order valence-corrected chi connectivity index (χ2v) is 9.68. The second-order valence-electron chi connectivity index (χ2n) is 8.05. The number of rotatable bonds is 5. The maximum Gasteiger partial charge on any atom is 0.307 e. The van der Waals surface area contributed by atoms with Crippen molar-refractivity contribution >= 4 is 81.0 Å². The van der Waals surface area contributed by atoms with Crippen molar-refractivity contribution in [1.82, 2.24) is 0 Å². The van der Waals surface area contributed by atoms with E-state index in [9.17, 15) is 9.59 Å². The van der Waals surface area contributed by atoms with E-state index in [0.717, 1.165) is 11.3 Å². The molecule has 0 aliphatic carbocycles. The zero-order valence-electron chi connectivity index (χ0n) is 19.2. The Morgan fingerprint density at radius 2 is 1.35 bits per heavy atom. The predicted octanol–water partition coefficient (Wildman–Crippen LogP) is 8.58. The number of carbonyl (C=O) groups excluding carboxylic acids is 1. The number of hydrogen-bond acceptors (Lipinski definition) is 3. The number of carboxylic acid groups (broad SMARTS) is 1. The van der Waals surface area contributed by atoms with Crippen LogP contribution in [0.15, 0.2) is 84.9 Å². The van der Waals surface area contributed by atoms with Crippen LogP contribution < -0.4 is 10.2 Å². The number of para-hydroxylation sites is 4. The van der Waals surface area contributed by atoms with Crippen LogP contribution >= 0.6 is 46.4 Å². The molecule has 2 N–H and O–H groups in total. The van der Waals surface area contributed by atoms with E-state index in [0.29, 0.717) is 49.1 Å². The van der Waals surface area contributed by atoms with Gasteiger partial charge in [0.15, 0.2) is 0 Å². The Kier molecular flexibility index (Phi) is 8.62. The van der Waals surface area contributed by atoms with Gasteiger partial charge in [0.05, 0.1) is 50.0 Å². The minimum atomic E-state index is -0.889. The Labute approximate surface area is 234 Å². The van der Waals surface area contributed by atoms with Gasteiger partial charge < -0.3 is 10.4 Å². The Balaban J connectivity index is 0.000000173. The minimum Gasteiger partial charge on any atom is -0.481 e. The summed E-state index contributed by atoms with van der Waals surface area (Å²) < 4.78 is 0. The fourth-order valence-corrected chi connectivity index (χ4v) is 4.97. The molecular formula is C28H20Cl4N2O3. The average Bonchev–Trinajstić information content (AvgIpc) is 3.18. The zero-order valence-corrected chi connectivity index (χ0v) is 22.2. The summed E-state index contributed by atoms with van der Waals surface area (Å²) in [5.41, 5.74) is 4.35. The summed E-state index contributed by atoms with van der Waals surface area (Å²) in [6.45, 7) is 0. The lowest BCUT2D eigenvalue weighted by Gasteiger charge is -2.20. The van der Waals surface area contributed by atoms with Gasteiger partial charge in [0.1, 0.15) is 0 Å². The second kappa shape index (κ2) is 11.9. The van der Waals surface area contributed by atoms with Crippen molar-refractivity contribution in [2.75, 3.05) is 10.2 Å². The molecule has 0 bridgehead atoms. The molecule has 5 rings (SSSR count). The molecule has 1 aliphatic rings. The molecule has 0 fully saturated rings. The summed E-state index contributed by atoms with van der Waals surface area (Å²) >= 11 is 24.5. The van der Waals surface area contributed by atoms with Gasteiger partial charge in [-0.2, -0.15) is 0 Å². The van der Waals surface area contributed by atoms with E-state index in [4.69, 9.17) is 51.5 Å². The fourth-order valence-electron chi connectivity index (χ4n) is 3.91. The molecule has 1 amide bonds. The lowest BCUT2D eigenvalue weighted by Crippen LogP contribution is -2.21. The number of nitrogens with one attached hydrogen (secondary N) is 1. The molecule has 188 valence electrons. The summed E-state index contributed by atoms with van der Waals surface area (Å²) in [7, 11) is 0. The summed E-state index contributed by atoms with van der Waals surface area (Å²) in [5.74, 6) is -0.897. The van der Waals surface area contributed by atoms with E-state index in [1.165, 1.54) is 0 Å². The van der Waals surface area contributed by atoms with Crippen molar-refractivity contribution < 1.29 is 14.7 Å². The minimum absolute atomic E-state index is 0.00815. The third-order valence-corrected chi connectivity index (χ3v) is 6.81. The largest absolute Gasteiger partial charge is 0.481 e. The van der Waals surface area contributed by atoms with Crippen LogP contribution in [0.1, 0.15) is 11.1 Å². The Bertz CT molecular complexity index is 1440. The molecule has 0 radical (unpaired) electrons. The topological polar surface area (TPSA) is 69.6 Å². The number of benzene rings is 4. The number of anilines is 4. The molecule has 9 heteroatoms. The molecule has 37 heavy (non-hydrogen) atoms. The molecule has 0 unspecified atom stereocenters. The highest BCUT2D eigenvalue weighted by atomic mass is 35.5. The lowest BCUT2D eigenvalue weighted by atomic mass is 10.1. The van der Waals surface area contributed by atoms with Crippen LogP contribution in [0.4, 0.5) is 22.7 Å². The molecule has 0 aromatic heterocycles. The van der Waals surface area contributed by atoms with Crippen LogP contribution in [0.25, 0.3) is 0 Å². The average molecular weight is 574 g/mol. The molecule has 0 atom stereocenters. The van der Waals surface area contributed by atoms with Crippen molar-refractivity contribution in [3.8, 4) is 0 Å². The van der Waals surface area contributed by atoms with Crippen LogP contribution in [0.3, 0.4) is 0 Å². The Morgan fingerprint density at radius 3 is 2.00 bits per heavy atom. The fraction of sp³-hybridized carbons (Fsp3) is 0.0714. The number of amides is 1. The van der Waals surface area contributed by atoms with Crippen molar-refractivity contribution in [2.45, 2.75) is 12.8 Å². The maximum absolute atomic E-state index is 12.1. The van der Waals surface area contributed by atoms with Gasteiger partial charge in [0.2, 0.25) is 5.91 Å². The third kappa shape index (κ3) is 6.20. The van der Waals surface area contributed by atoms with Gasteiger partial charge in [-0.05, 0) is 47.5 Å². The third-order valence-electron chi connectivity index (χ3n) is 5.57. The van der Waals surface area contributed by atoms with E-state index < -0.39 is 5.97 Å². The first kappa shape index (κ1) is 26.8. The smallest absolute Gasteiger partial charge is 0.307 e. The van der Waals surface area contributed by atoms with E-state index >= 15 is 0 Å². The lowest BCUT2D eigenvalue weighted by molar-refractivity contribution is -0.136. The van der Waals surface area contributed by atoms with E-state index in [2.05, 4.69) is 5.32 Å². The summed E-state index contributed by atoms with van der Waals surface area (Å²) in [6, 6.07) is 25.2. The van der Waals surface area contributed by atoms with Crippen LogP contribution in [0.5, 0.6) is 0 Å². The number of carbonyl (C=O) groups is 2. The molecule has 4 aromatic carbocycles. The van der Waals surface area contributed by atoms with E-state index in [-0.39, 0.29) is 12.3 Å². The van der Waals surface area contributed by atoms with Gasteiger partial charge in [-0.3, -0.25) is 14.5 Å². The zero-order chi connectivity index (χ0) is 26.5. The first-order chi connectivity index (χ1) is 17.8. The van der Waals surface area contributed by atoms with Crippen LogP contribution in [0.2, 0.25) is 20.1 Å². The van der Waals surface area contributed by atoms with Crippen LogP contribution in [-0.4, -0.2) is 17.0 Å². The van der Waals surface area contributed by atoms with Gasteiger partial charge in [-0.25, -0.2) is 0 Å². The number of carboxylic acids is 1. The van der Waals surface area contributed by atoms with Gasteiger partial charge in [0, 0.05) is 5.69 Å². The van der Waals surface area contributed by atoms with Crippen molar-refractivity contribution in [2.24, 2.45) is 0 Å². The van der Waals surface area contributed by atoms with Crippen LogP contribution in [-0.2, 0) is 22.4 Å². The van der Waals surface area contributed by atoms with E-state index in [1.807, 2.05) is 30.3 Å². The quantitative estimate of drug-likeness (QED) is 0.251. The maximum atomic E-state index is 12.1.